The number of thiazole rings is 1. The molecule has 0 N–H and O–H groups in total. The molecule has 1 amide bonds. The third-order valence-corrected chi connectivity index (χ3v) is 6.32. The Morgan fingerprint density at radius 2 is 2.12 bits per heavy atom. The third-order valence-electron chi connectivity index (χ3n) is 5.44. The van der Waals surface area contributed by atoms with Crippen molar-refractivity contribution in [3.05, 3.63) is 22.4 Å². The van der Waals surface area contributed by atoms with Gasteiger partial charge in [0.2, 0.25) is 5.91 Å². The molecule has 0 saturated carbocycles. The third kappa shape index (κ3) is 3.78. The number of hydrogen-bond acceptors (Lipinski definition) is 7. The molecular formula is C17H25N7OS. The van der Waals surface area contributed by atoms with Crippen LogP contribution in [0, 0.1) is 5.92 Å². The first kappa shape index (κ1) is 17.5. The van der Waals surface area contributed by atoms with E-state index >= 15 is 0 Å². The maximum atomic E-state index is 12.9. The fourth-order valence-corrected chi connectivity index (χ4v) is 4.60. The van der Waals surface area contributed by atoms with Gasteiger partial charge in [0.1, 0.15) is 11.6 Å². The van der Waals surface area contributed by atoms with Crippen molar-refractivity contribution in [1.82, 2.24) is 35.0 Å². The second kappa shape index (κ2) is 7.79. The van der Waals surface area contributed by atoms with E-state index in [9.17, 15) is 4.79 Å². The zero-order valence-electron chi connectivity index (χ0n) is 15.1. The van der Waals surface area contributed by atoms with Gasteiger partial charge in [-0.1, -0.05) is 6.92 Å². The molecule has 0 bridgehead atoms. The van der Waals surface area contributed by atoms with Gasteiger partial charge in [0.05, 0.1) is 12.6 Å². The number of rotatable bonds is 5. The predicted molar refractivity (Wildman–Crippen MR) is 97.3 cm³/mol. The molecule has 0 unspecified atom stereocenters. The summed E-state index contributed by atoms with van der Waals surface area (Å²) in [7, 11) is 0. The van der Waals surface area contributed by atoms with Gasteiger partial charge in [0.15, 0.2) is 5.82 Å². The molecule has 8 nitrogen and oxygen atoms in total. The maximum absolute atomic E-state index is 12.9. The van der Waals surface area contributed by atoms with Gasteiger partial charge in [0.25, 0.3) is 0 Å². The lowest BCUT2D eigenvalue weighted by molar-refractivity contribution is -0.133. The lowest BCUT2D eigenvalue weighted by Crippen LogP contribution is -2.36. The molecule has 2 aliphatic heterocycles. The van der Waals surface area contributed by atoms with Crippen LogP contribution in [-0.2, 0) is 17.9 Å². The highest BCUT2D eigenvalue weighted by Gasteiger charge is 2.32. The summed E-state index contributed by atoms with van der Waals surface area (Å²) < 4.78 is 1.66. The first-order valence-corrected chi connectivity index (χ1v) is 10.2. The summed E-state index contributed by atoms with van der Waals surface area (Å²) in [5, 5.41) is 15.0. The highest BCUT2D eigenvalue weighted by atomic mass is 32.1. The van der Waals surface area contributed by atoms with Crippen molar-refractivity contribution in [2.45, 2.75) is 51.7 Å². The summed E-state index contributed by atoms with van der Waals surface area (Å²) in [4.78, 5) is 21.6. The Labute approximate surface area is 157 Å². The van der Waals surface area contributed by atoms with E-state index in [2.05, 4.69) is 32.3 Å². The average molecular weight is 376 g/mol. The van der Waals surface area contributed by atoms with E-state index in [1.165, 1.54) is 12.8 Å². The first-order valence-electron chi connectivity index (χ1n) is 9.37. The number of carbonyl (C=O) groups is 1. The molecule has 1 atom stereocenters. The molecular weight excluding hydrogens is 350 g/mol. The van der Waals surface area contributed by atoms with Gasteiger partial charge in [-0.05, 0) is 55.1 Å². The van der Waals surface area contributed by atoms with Crippen molar-refractivity contribution in [2.75, 3.05) is 19.6 Å². The van der Waals surface area contributed by atoms with Gasteiger partial charge >= 0.3 is 0 Å². The lowest BCUT2D eigenvalue weighted by atomic mass is 9.99. The first-order chi connectivity index (χ1) is 12.7. The van der Waals surface area contributed by atoms with Crippen LogP contribution in [0.15, 0.2) is 11.6 Å². The van der Waals surface area contributed by atoms with Crippen molar-refractivity contribution in [2.24, 2.45) is 5.92 Å². The molecule has 2 saturated heterocycles. The van der Waals surface area contributed by atoms with Gasteiger partial charge in [-0.3, -0.25) is 9.69 Å². The Hall–Kier alpha value is -1.87. The minimum Gasteiger partial charge on any atom is -0.332 e. The fourth-order valence-electron chi connectivity index (χ4n) is 3.82. The monoisotopic (exact) mass is 375 g/mol. The minimum atomic E-state index is 0.0727. The Bertz CT molecular complexity index is 723. The van der Waals surface area contributed by atoms with Crippen LogP contribution in [0.1, 0.15) is 49.5 Å². The van der Waals surface area contributed by atoms with E-state index in [4.69, 9.17) is 0 Å². The smallest absolute Gasteiger partial charge is 0.245 e. The van der Waals surface area contributed by atoms with Crippen LogP contribution >= 0.6 is 11.3 Å². The summed E-state index contributed by atoms with van der Waals surface area (Å²) in [5.41, 5.74) is 0. The molecule has 0 radical (unpaired) electrons. The summed E-state index contributed by atoms with van der Waals surface area (Å²) in [6, 6.07) is 0.103. The van der Waals surface area contributed by atoms with E-state index in [0.29, 0.717) is 6.54 Å². The van der Waals surface area contributed by atoms with E-state index in [1.54, 1.807) is 22.2 Å². The molecule has 4 rings (SSSR count). The molecule has 140 valence electrons. The van der Waals surface area contributed by atoms with E-state index < -0.39 is 0 Å². The largest absolute Gasteiger partial charge is 0.332 e. The number of aromatic nitrogens is 5. The van der Waals surface area contributed by atoms with Crippen LogP contribution in [0.4, 0.5) is 0 Å². The Kier molecular flexibility index (Phi) is 5.26. The highest BCUT2D eigenvalue weighted by Crippen LogP contribution is 2.33. The zero-order valence-corrected chi connectivity index (χ0v) is 15.9. The van der Waals surface area contributed by atoms with E-state index in [0.717, 1.165) is 49.2 Å². The zero-order chi connectivity index (χ0) is 17.9. The molecule has 26 heavy (non-hydrogen) atoms. The van der Waals surface area contributed by atoms with Gasteiger partial charge in [-0.25, -0.2) is 9.67 Å². The molecule has 9 heteroatoms. The van der Waals surface area contributed by atoms with Crippen LogP contribution in [0.5, 0.6) is 0 Å². The number of nitrogens with zero attached hydrogens (tertiary/aromatic N) is 7. The van der Waals surface area contributed by atoms with Crippen molar-refractivity contribution in [3.63, 3.8) is 0 Å². The second-order valence-corrected chi connectivity index (χ2v) is 8.25. The van der Waals surface area contributed by atoms with Crippen molar-refractivity contribution in [1.29, 1.82) is 0 Å². The number of carbonyl (C=O) groups excluding carboxylic acids is 1. The van der Waals surface area contributed by atoms with Gasteiger partial charge in [0, 0.05) is 18.1 Å². The number of amides is 1. The number of hydrogen-bond donors (Lipinski definition) is 0. The van der Waals surface area contributed by atoms with Gasteiger partial charge in [-0.15, -0.1) is 16.4 Å². The van der Waals surface area contributed by atoms with Gasteiger partial charge < -0.3 is 4.90 Å². The molecule has 2 aliphatic rings. The molecule has 0 aromatic carbocycles. The molecule has 2 fully saturated rings. The topological polar surface area (TPSA) is 80.0 Å². The van der Waals surface area contributed by atoms with Crippen molar-refractivity contribution in [3.8, 4) is 0 Å². The van der Waals surface area contributed by atoms with Gasteiger partial charge in [-0.2, -0.15) is 0 Å². The fraction of sp³-hybridized carbons (Fsp3) is 0.706. The summed E-state index contributed by atoms with van der Waals surface area (Å²) in [6.45, 7) is 6.14. The minimum absolute atomic E-state index is 0.0727. The Morgan fingerprint density at radius 1 is 1.27 bits per heavy atom. The quantitative estimate of drug-likeness (QED) is 0.792. The molecule has 2 aromatic heterocycles. The van der Waals surface area contributed by atoms with E-state index in [1.807, 2.05) is 10.3 Å². The standard InChI is InChI=1S/C17H25N7OS/c1-13-4-8-22(9-5-13)11-15-19-20-21-24(15)12-16(25)23-7-2-3-14(23)17-18-6-10-26-17/h6,10,13-14H,2-5,7-9,11-12H2,1H3/t14-/m1/s1. The van der Waals surface area contributed by atoms with Crippen LogP contribution in [0.25, 0.3) is 0 Å². The van der Waals surface area contributed by atoms with Crippen LogP contribution in [0.3, 0.4) is 0 Å². The molecule has 4 heterocycles. The highest BCUT2D eigenvalue weighted by molar-refractivity contribution is 7.09. The molecule has 2 aromatic rings. The summed E-state index contributed by atoms with van der Waals surface area (Å²) in [5.74, 6) is 1.64. The summed E-state index contributed by atoms with van der Waals surface area (Å²) >= 11 is 1.62. The molecule has 0 aliphatic carbocycles. The Morgan fingerprint density at radius 3 is 2.88 bits per heavy atom. The van der Waals surface area contributed by atoms with E-state index in [-0.39, 0.29) is 18.5 Å². The van der Waals surface area contributed by atoms with Crippen LogP contribution in [0.2, 0.25) is 0 Å². The van der Waals surface area contributed by atoms with Crippen molar-refractivity contribution >= 4 is 17.2 Å². The average Bonchev–Trinajstić information content (AvgIpc) is 3.38. The summed E-state index contributed by atoms with van der Waals surface area (Å²) in [6.07, 6.45) is 6.23. The Balaban J connectivity index is 1.40. The van der Waals surface area contributed by atoms with Crippen LogP contribution in [-0.4, -0.2) is 60.5 Å². The second-order valence-electron chi connectivity index (χ2n) is 7.33. The van der Waals surface area contributed by atoms with Crippen molar-refractivity contribution < 1.29 is 4.79 Å². The lowest BCUT2D eigenvalue weighted by Gasteiger charge is -2.29. The SMILES string of the molecule is CC1CCN(Cc2nnnn2CC(=O)N2CCC[C@@H]2c2nccs2)CC1. The normalized spacial score (nSPS) is 22.2. The number of piperidine rings is 1. The maximum Gasteiger partial charge on any atom is 0.245 e. The number of likely N-dealkylation sites (tertiary alicyclic amines) is 2. The predicted octanol–water partition coefficient (Wildman–Crippen LogP) is 1.73. The van der Waals surface area contributed by atoms with Crippen LogP contribution < -0.4 is 0 Å². The number of tetrazole rings is 1. The molecule has 0 spiro atoms.